The van der Waals surface area contributed by atoms with Gasteiger partial charge >= 0.3 is 6.18 Å². The lowest BCUT2D eigenvalue weighted by molar-refractivity contribution is -0.137. The molecule has 35 heavy (non-hydrogen) atoms. The van der Waals surface area contributed by atoms with Crippen molar-refractivity contribution in [2.45, 2.75) is 25.2 Å². The maximum absolute atomic E-state index is 14.8. The van der Waals surface area contributed by atoms with Crippen molar-refractivity contribution >= 4 is 17.5 Å². The van der Waals surface area contributed by atoms with Crippen LogP contribution in [0.5, 0.6) is 5.75 Å². The first-order chi connectivity index (χ1) is 16.7. The predicted octanol–water partition coefficient (Wildman–Crippen LogP) is 4.01. The molecule has 2 aliphatic heterocycles. The second-order valence-electron chi connectivity index (χ2n) is 8.43. The number of pyridine rings is 2. The van der Waals surface area contributed by atoms with Crippen molar-refractivity contribution in [1.29, 1.82) is 0 Å². The smallest absolute Gasteiger partial charge is 0.419 e. The summed E-state index contributed by atoms with van der Waals surface area (Å²) in [7, 11) is 1.40. The van der Waals surface area contributed by atoms with E-state index in [1.807, 2.05) is 0 Å². The van der Waals surface area contributed by atoms with Gasteiger partial charge in [0.25, 0.3) is 5.91 Å². The number of methoxy groups -OCH3 is 1. The van der Waals surface area contributed by atoms with Crippen molar-refractivity contribution in [3.8, 4) is 17.0 Å². The number of nitrogens with two attached hydrogens (primary N) is 1. The molecule has 1 fully saturated rings. The van der Waals surface area contributed by atoms with Crippen LogP contribution in [0.1, 0.15) is 27.9 Å². The highest BCUT2D eigenvalue weighted by molar-refractivity contribution is 6.10. The van der Waals surface area contributed by atoms with Gasteiger partial charge < -0.3 is 15.4 Å². The fourth-order valence-electron chi connectivity index (χ4n) is 4.56. The number of carbonyl (C=O) groups excluding carboxylic acids is 1. The number of halogens is 4. The minimum absolute atomic E-state index is 0.0356. The molecule has 2 N–H and O–H groups in total. The van der Waals surface area contributed by atoms with Crippen LogP contribution < -0.4 is 20.3 Å². The van der Waals surface area contributed by atoms with Crippen molar-refractivity contribution in [3.05, 3.63) is 65.1 Å². The Labute approximate surface area is 198 Å². The molecule has 1 aromatic carbocycles. The third kappa shape index (κ3) is 3.95. The van der Waals surface area contributed by atoms with Crippen LogP contribution in [0, 0.1) is 5.82 Å². The van der Waals surface area contributed by atoms with Gasteiger partial charge in [0.15, 0.2) is 0 Å². The minimum atomic E-state index is -4.62. The zero-order chi connectivity index (χ0) is 24.9. The fourth-order valence-corrected chi connectivity index (χ4v) is 4.56. The van der Waals surface area contributed by atoms with Gasteiger partial charge in [0.05, 0.1) is 30.5 Å². The molecular formula is C24H21F4N5O2. The Hall–Kier alpha value is -3.73. The summed E-state index contributed by atoms with van der Waals surface area (Å²) >= 11 is 0. The lowest BCUT2D eigenvalue weighted by Gasteiger charge is -2.24. The Bertz CT molecular complexity index is 1310. The molecule has 0 unspecified atom stereocenters. The average Bonchev–Trinajstić information content (AvgIpc) is 3.41. The SMILES string of the molecule is COc1cccc(F)c1-c1nccc2c1CN(c1ccc(C(F)(F)F)c(N3CC[C@@H](N)C3)n1)C2=O. The van der Waals surface area contributed by atoms with Crippen molar-refractivity contribution in [3.63, 3.8) is 0 Å². The van der Waals surface area contributed by atoms with E-state index in [1.165, 1.54) is 47.4 Å². The number of rotatable bonds is 4. The van der Waals surface area contributed by atoms with Crippen LogP contribution in [0.4, 0.5) is 29.2 Å². The third-order valence-electron chi connectivity index (χ3n) is 6.25. The molecule has 0 saturated carbocycles. The first-order valence-corrected chi connectivity index (χ1v) is 10.9. The standard InChI is InChI=1S/C24H21F4N5O2/c1-35-18-4-2-3-17(25)20(18)21-15-12-33(23(34)14(15)7-9-30-21)19-6-5-16(24(26,27)28)22(31-19)32-10-8-13(29)11-32/h2-7,9,13H,8,10-12,29H2,1H3/t13-/m1/s1. The number of ether oxygens (including phenoxy) is 1. The summed E-state index contributed by atoms with van der Waals surface area (Å²) in [6, 6.07) is 7.68. The first-order valence-electron chi connectivity index (χ1n) is 10.9. The molecule has 2 aliphatic rings. The summed E-state index contributed by atoms with van der Waals surface area (Å²) < 4.78 is 61.2. The van der Waals surface area contributed by atoms with Crippen LogP contribution in [-0.4, -0.2) is 42.1 Å². The number of aromatic nitrogens is 2. The lowest BCUT2D eigenvalue weighted by Crippen LogP contribution is -2.30. The molecule has 1 atom stereocenters. The number of nitrogens with zero attached hydrogens (tertiary/aromatic N) is 4. The molecule has 4 heterocycles. The van der Waals surface area contributed by atoms with E-state index in [4.69, 9.17) is 10.5 Å². The molecule has 2 aromatic heterocycles. The highest BCUT2D eigenvalue weighted by atomic mass is 19.4. The molecule has 3 aromatic rings. The van der Waals surface area contributed by atoms with Crippen molar-refractivity contribution < 1.29 is 27.1 Å². The van der Waals surface area contributed by atoms with Crippen LogP contribution in [-0.2, 0) is 12.7 Å². The number of anilines is 2. The van der Waals surface area contributed by atoms with Gasteiger partial charge in [0.2, 0.25) is 0 Å². The summed E-state index contributed by atoms with van der Waals surface area (Å²) in [5.74, 6) is -0.995. The summed E-state index contributed by atoms with van der Waals surface area (Å²) in [5.41, 5.74) is 6.06. The predicted molar refractivity (Wildman–Crippen MR) is 121 cm³/mol. The lowest BCUT2D eigenvalue weighted by atomic mass is 10.0. The Kier molecular flexibility index (Phi) is 5.59. The zero-order valence-electron chi connectivity index (χ0n) is 18.6. The number of amides is 1. The fraction of sp³-hybridized carbons (Fsp3) is 0.292. The quantitative estimate of drug-likeness (QED) is 0.560. The molecular weight excluding hydrogens is 466 g/mol. The van der Waals surface area contributed by atoms with E-state index in [9.17, 15) is 22.4 Å². The normalized spacial score (nSPS) is 17.8. The molecule has 7 nitrogen and oxygen atoms in total. The Balaban J connectivity index is 1.57. The summed E-state index contributed by atoms with van der Waals surface area (Å²) in [5, 5.41) is 0. The van der Waals surface area contributed by atoms with Gasteiger partial charge in [-0.05, 0) is 36.8 Å². The molecule has 5 rings (SSSR count). The van der Waals surface area contributed by atoms with Crippen LogP contribution in [0.15, 0.2) is 42.6 Å². The van der Waals surface area contributed by atoms with E-state index in [1.54, 1.807) is 6.07 Å². The van der Waals surface area contributed by atoms with E-state index < -0.39 is 23.5 Å². The number of alkyl halides is 3. The maximum atomic E-state index is 14.8. The summed E-state index contributed by atoms with van der Waals surface area (Å²) in [6.07, 6.45) is -2.69. The Morgan fingerprint density at radius 2 is 1.97 bits per heavy atom. The van der Waals surface area contributed by atoms with Crippen LogP contribution in [0.25, 0.3) is 11.3 Å². The molecule has 182 valence electrons. The number of hydrogen-bond acceptors (Lipinski definition) is 6. The van der Waals surface area contributed by atoms with Crippen LogP contribution >= 0.6 is 0 Å². The largest absolute Gasteiger partial charge is 0.496 e. The molecule has 1 saturated heterocycles. The van der Waals surface area contributed by atoms with E-state index in [-0.39, 0.29) is 53.3 Å². The van der Waals surface area contributed by atoms with Gasteiger partial charge in [-0.15, -0.1) is 0 Å². The average molecular weight is 487 g/mol. The number of carbonyl (C=O) groups is 1. The van der Waals surface area contributed by atoms with Gasteiger partial charge in [-0.2, -0.15) is 13.2 Å². The van der Waals surface area contributed by atoms with Gasteiger partial charge in [-0.3, -0.25) is 14.7 Å². The molecule has 0 bridgehead atoms. The van der Waals surface area contributed by atoms with Gasteiger partial charge in [-0.1, -0.05) is 6.07 Å². The summed E-state index contributed by atoms with van der Waals surface area (Å²) in [6.45, 7) is 0.525. The summed E-state index contributed by atoms with van der Waals surface area (Å²) in [4.78, 5) is 24.6. The van der Waals surface area contributed by atoms with Crippen LogP contribution in [0.3, 0.4) is 0 Å². The van der Waals surface area contributed by atoms with Gasteiger partial charge in [-0.25, -0.2) is 9.37 Å². The van der Waals surface area contributed by atoms with E-state index in [0.29, 0.717) is 18.5 Å². The van der Waals surface area contributed by atoms with E-state index in [2.05, 4.69) is 9.97 Å². The molecule has 0 radical (unpaired) electrons. The van der Waals surface area contributed by atoms with Gasteiger partial charge in [0, 0.05) is 36.5 Å². The second-order valence-corrected chi connectivity index (χ2v) is 8.43. The topological polar surface area (TPSA) is 84.6 Å². The van der Waals surface area contributed by atoms with E-state index in [0.717, 1.165) is 6.07 Å². The van der Waals surface area contributed by atoms with Crippen molar-refractivity contribution in [1.82, 2.24) is 9.97 Å². The zero-order valence-corrected chi connectivity index (χ0v) is 18.6. The highest BCUT2D eigenvalue weighted by Gasteiger charge is 2.39. The Morgan fingerprint density at radius 1 is 1.17 bits per heavy atom. The minimum Gasteiger partial charge on any atom is -0.496 e. The number of fused-ring (bicyclic) bond motifs is 1. The van der Waals surface area contributed by atoms with E-state index >= 15 is 0 Å². The molecule has 0 spiro atoms. The Morgan fingerprint density at radius 3 is 2.66 bits per heavy atom. The molecule has 11 heteroatoms. The third-order valence-corrected chi connectivity index (χ3v) is 6.25. The first kappa shape index (κ1) is 23.0. The maximum Gasteiger partial charge on any atom is 0.419 e. The van der Waals surface area contributed by atoms with Crippen molar-refractivity contribution in [2.75, 3.05) is 30.0 Å². The molecule has 0 aliphatic carbocycles. The number of hydrogen-bond donors (Lipinski definition) is 1. The molecule has 1 amide bonds. The monoisotopic (exact) mass is 487 g/mol. The van der Waals surface area contributed by atoms with Crippen LogP contribution in [0.2, 0.25) is 0 Å². The number of benzene rings is 1. The second kappa shape index (κ2) is 8.49. The van der Waals surface area contributed by atoms with Crippen molar-refractivity contribution in [2.24, 2.45) is 5.73 Å². The van der Waals surface area contributed by atoms with Gasteiger partial charge in [0.1, 0.15) is 23.2 Å². The highest BCUT2D eigenvalue weighted by Crippen LogP contribution is 2.41.